The highest BCUT2D eigenvalue weighted by Gasteiger charge is 2.30. The van der Waals surface area contributed by atoms with Crippen LogP contribution < -0.4 is 5.32 Å². The maximum absolute atomic E-state index is 9.60. The van der Waals surface area contributed by atoms with Gasteiger partial charge in [0.25, 0.3) is 0 Å². The molecule has 0 saturated heterocycles. The Morgan fingerprint density at radius 1 is 1.32 bits per heavy atom. The molecule has 2 nitrogen and oxygen atoms in total. The minimum absolute atomic E-state index is 0.551. The second-order valence-corrected chi connectivity index (χ2v) is 6.33. The SMILES string of the molecule is CNC(C#N)(CSCC1CCCC1)c1ccccc1. The van der Waals surface area contributed by atoms with E-state index in [0.29, 0.717) is 0 Å². The van der Waals surface area contributed by atoms with E-state index in [-0.39, 0.29) is 0 Å². The van der Waals surface area contributed by atoms with Crippen molar-refractivity contribution in [3.63, 3.8) is 0 Å². The standard InChI is InChI=1S/C16H22N2S/c1-18-16(12-17,15-9-3-2-4-10-15)13-19-11-14-7-5-6-8-14/h2-4,9-10,14,18H,5-8,11,13H2,1H3. The van der Waals surface area contributed by atoms with Crippen LogP contribution in [-0.4, -0.2) is 18.6 Å². The van der Waals surface area contributed by atoms with E-state index in [1.165, 1.54) is 31.4 Å². The first-order valence-electron chi connectivity index (χ1n) is 7.04. The van der Waals surface area contributed by atoms with E-state index < -0.39 is 5.54 Å². The van der Waals surface area contributed by atoms with Gasteiger partial charge in [0.05, 0.1) is 6.07 Å². The Morgan fingerprint density at radius 2 is 2.00 bits per heavy atom. The maximum Gasteiger partial charge on any atom is 0.141 e. The van der Waals surface area contributed by atoms with Crippen LogP contribution in [0.15, 0.2) is 30.3 Å². The number of benzene rings is 1. The Labute approximate surface area is 120 Å². The second-order valence-electron chi connectivity index (χ2n) is 5.30. The summed E-state index contributed by atoms with van der Waals surface area (Å²) in [5.41, 5.74) is 0.517. The molecule has 1 saturated carbocycles. The molecule has 19 heavy (non-hydrogen) atoms. The van der Waals surface area contributed by atoms with E-state index in [1.807, 2.05) is 49.1 Å². The molecule has 0 spiro atoms. The topological polar surface area (TPSA) is 35.8 Å². The monoisotopic (exact) mass is 274 g/mol. The van der Waals surface area contributed by atoms with Crippen LogP contribution in [0, 0.1) is 17.2 Å². The normalized spacial score (nSPS) is 18.9. The summed E-state index contributed by atoms with van der Waals surface area (Å²) in [5, 5.41) is 12.8. The minimum atomic E-state index is -0.551. The molecule has 1 aliphatic carbocycles. The third-order valence-corrected chi connectivity index (χ3v) is 5.38. The van der Waals surface area contributed by atoms with E-state index >= 15 is 0 Å². The van der Waals surface area contributed by atoms with Crippen molar-refractivity contribution in [1.82, 2.24) is 5.32 Å². The average molecular weight is 274 g/mol. The fourth-order valence-corrected chi connectivity index (χ4v) is 4.20. The zero-order chi connectivity index (χ0) is 13.6. The van der Waals surface area contributed by atoms with E-state index in [0.717, 1.165) is 17.2 Å². The molecule has 1 unspecified atom stereocenters. The van der Waals surface area contributed by atoms with E-state index in [4.69, 9.17) is 0 Å². The highest BCUT2D eigenvalue weighted by molar-refractivity contribution is 7.99. The van der Waals surface area contributed by atoms with Crippen molar-refractivity contribution < 1.29 is 0 Å². The lowest BCUT2D eigenvalue weighted by Crippen LogP contribution is -2.41. The third-order valence-electron chi connectivity index (χ3n) is 4.03. The van der Waals surface area contributed by atoms with Crippen LogP contribution in [0.5, 0.6) is 0 Å². The van der Waals surface area contributed by atoms with Crippen molar-refractivity contribution in [3.8, 4) is 6.07 Å². The zero-order valence-electron chi connectivity index (χ0n) is 11.6. The van der Waals surface area contributed by atoms with Gasteiger partial charge in [-0.25, -0.2) is 0 Å². The zero-order valence-corrected chi connectivity index (χ0v) is 12.4. The molecule has 0 bridgehead atoms. The number of hydrogen-bond acceptors (Lipinski definition) is 3. The van der Waals surface area contributed by atoms with Crippen molar-refractivity contribution in [2.24, 2.45) is 5.92 Å². The van der Waals surface area contributed by atoms with Gasteiger partial charge >= 0.3 is 0 Å². The van der Waals surface area contributed by atoms with Gasteiger partial charge in [-0.1, -0.05) is 43.2 Å². The molecule has 1 aromatic carbocycles. The first kappa shape index (κ1) is 14.4. The maximum atomic E-state index is 9.60. The summed E-state index contributed by atoms with van der Waals surface area (Å²) < 4.78 is 0. The van der Waals surface area contributed by atoms with Crippen LogP contribution in [0.1, 0.15) is 31.2 Å². The largest absolute Gasteiger partial charge is 0.298 e. The molecule has 0 radical (unpaired) electrons. The lowest BCUT2D eigenvalue weighted by molar-refractivity contribution is 0.526. The summed E-state index contributed by atoms with van der Waals surface area (Å²) >= 11 is 1.92. The summed E-state index contributed by atoms with van der Waals surface area (Å²) in [5.74, 6) is 2.88. The highest BCUT2D eigenvalue weighted by Crippen LogP contribution is 2.31. The molecule has 1 fully saturated rings. The van der Waals surface area contributed by atoms with Crippen LogP contribution in [0.4, 0.5) is 0 Å². The predicted octanol–water partition coefficient (Wildman–Crippen LogP) is 3.55. The molecule has 3 heteroatoms. The fraction of sp³-hybridized carbons (Fsp3) is 0.562. The minimum Gasteiger partial charge on any atom is -0.298 e. The molecule has 1 atom stereocenters. The third kappa shape index (κ3) is 3.52. The van der Waals surface area contributed by atoms with Gasteiger partial charge in [0.1, 0.15) is 5.54 Å². The van der Waals surface area contributed by atoms with Crippen LogP contribution in [0.25, 0.3) is 0 Å². The van der Waals surface area contributed by atoms with Crippen molar-refractivity contribution in [1.29, 1.82) is 5.26 Å². The van der Waals surface area contributed by atoms with Crippen LogP contribution in [0.2, 0.25) is 0 Å². The van der Waals surface area contributed by atoms with Crippen molar-refractivity contribution in [2.75, 3.05) is 18.6 Å². The van der Waals surface area contributed by atoms with Crippen molar-refractivity contribution in [3.05, 3.63) is 35.9 Å². The number of nitrogens with one attached hydrogen (secondary N) is 1. The molecule has 1 N–H and O–H groups in total. The number of rotatable bonds is 6. The van der Waals surface area contributed by atoms with Crippen LogP contribution in [-0.2, 0) is 5.54 Å². The van der Waals surface area contributed by atoms with Crippen LogP contribution in [0.3, 0.4) is 0 Å². The van der Waals surface area contributed by atoms with Gasteiger partial charge in [-0.3, -0.25) is 5.32 Å². The molecular formula is C16H22N2S. The van der Waals surface area contributed by atoms with Gasteiger partial charge < -0.3 is 0 Å². The molecule has 1 aliphatic rings. The smallest absolute Gasteiger partial charge is 0.141 e. The average Bonchev–Trinajstić information content (AvgIpc) is 2.98. The van der Waals surface area contributed by atoms with Gasteiger partial charge in [0, 0.05) is 5.75 Å². The van der Waals surface area contributed by atoms with E-state index in [1.54, 1.807) is 0 Å². The summed E-state index contributed by atoms with van der Waals surface area (Å²) in [4.78, 5) is 0. The molecule has 102 valence electrons. The second kappa shape index (κ2) is 6.98. The summed E-state index contributed by atoms with van der Waals surface area (Å²) in [6, 6.07) is 12.5. The quantitative estimate of drug-likeness (QED) is 0.861. The van der Waals surface area contributed by atoms with Crippen molar-refractivity contribution >= 4 is 11.8 Å². The molecular weight excluding hydrogens is 252 g/mol. The molecule has 0 heterocycles. The van der Waals surface area contributed by atoms with Crippen molar-refractivity contribution in [2.45, 2.75) is 31.2 Å². The van der Waals surface area contributed by atoms with Gasteiger partial charge in [-0.2, -0.15) is 17.0 Å². The Kier molecular flexibility index (Phi) is 5.30. The first-order chi connectivity index (χ1) is 9.30. The molecule has 0 aliphatic heterocycles. The number of hydrogen-bond donors (Lipinski definition) is 1. The summed E-state index contributed by atoms with van der Waals surface area (Å²) in [6.45, 7) is 0. The molecule has 0 aromatic heterocycles. The number of thioether (sulfide) groups is 1. The van der Waals surface area contributed by atoms with Gasteiger partial charge in [0.2, 0.25) is 0 Å². The number of nitriles is 1. The summed E-state index contributed by atoms with van der Waals surface area (Å²) in [7, 11) is 1.88. The molecule has 0 amide bonds. The summed E-state index contributed by atoms with van der Waals surface area (Å²) in [6.07, 6.45) is 5.52. The molecule has 1 aromatic rings. The Hall–Kier alpha value is -0.980. The van der Waals surface area contributed by atoms with Crippen LogP contribution >= 0.6 is 11.8 Å². The van der Waals surface area contributed by atoms with Gasteiger partial charge in [0.15, 0.2) is 0 Å². The Balaban J connectivity index is 1.97. The fourth-order valence-electron chi connectivity index (χ4n) is 2.73. The van der Waals surface area contributed by atoms with E-state index in [9.17, 15) is 5.26 Å². The Bertz CT molecular complexity index is 420. The lowest BCUT2D eigenvalue weighted by atomic mass is 9.94. The number of nitrogens with zero attached hydrogens (tertiary/aromatic N) is 1. The van der Waals surface area contributed by atoms with Gasteiger partial charge in [-0.15, -0.1) is 0 Å². The predicted molar refractivity (Wildman–Crippen MR) is 82.1 cm³/mol. The first-order valence-corrected chi connectivity index (χ1v) is 8.19. The Morgan fingerprint density at radius 3 is 2.58 bits per heavy atom. The lowest BCUT2D eigenvalue weighted by Gasteiger charge is -2.26. The molecule has 2 rings (SSSR count). The van der Waals surface area contributed by atoms with Gasteiger partial charge in [-0.05, 0) is 37.1 Å². The highest BCUT2D eigenvalue weighted by atomic mass is 32.2. The van der Waals surface area contributed by atoms with E-state index in [2.05, 4.69) is 11.4 Å².